The lowest BCUT2D eigenvalue weighted by Crippen LogP contribution is -2.20. The highest BCUT2D eigenvalue weighted by Crippen LogP contribution is 2.36. The monoisotopic (exact) mass is 442 g/mol. The number of urea groups is 1. The highest BCUT2D eigenvalue weighted by Gasteiger charge is 2.31. The summed E-state index contributed by atoms with van der Waals surface area (Å²) in [5.74, 6) is -0.287. The van der Waals surface area contributed by atoms with Crippen LogP contribution in [0.2, 0.25) is 10.0 Å². The lowest BCUT2D eigenvalue weighted by atomic mass is 10.2. The summed E-state index contributed by atoms with van der Waals surface area (Å²) < 4.78 is 38.3. The summed E-state index contributed by atoms with van der Waals surface area (Å²) in [4.78, 5) is 11.9. The lowest BCUT2D eigenvalue weighted by Gasteiger charge is -2.13. The van der Waals surface area contributed by atoms with Gasteiger partial charge in [0.2, 0.25) is 0 Å². The first kappa shape index (κ1) is 18.7. The summed E-state index contributed by atoms with van der Waals surface area (Å²) in [5.41, 5.74) is -1.23. The zero-order chi connectivity index (χ0) is 18.1. The maximum Gasteiger partial charge on any atom is 0.416 e. The fourth-order valence-electron chi connectivity index (χ4n) is 1.73. The average Bonchev–Trinajstić information content (AvgIpc) is 2.45. The van der Waals surface area contributed by atoms with Crippen LogP contribution in [0.4, 0.5) is 29.3 Å². The second-order valence-electron chi connectivity index (χ2n) is 4.56. The second kappa shape index (κ2) is 7.08. The molecular formula is C14H8BrCl2F3N2O2. The molecule has 0 fully saturated rings. The SMILES string of the molecule is O=C(Nc1cc(C(F)(F)F)ccc1Cl)Nc1cc(Cl)cc(Br)c1O. The molecule has 0 saturated heterocycles. The van der Waals surface area contributed by atoms with Gasteiger partial charge in [-0.2, -0.15) is 13.2 Å². The molecule has 0 aliphatic carbocycles. The molecule has 0 aliphatic heterocycles. The molecule has 2 aromatic carbocycles. The Kier molecular flexibility index (Phi) is 5.52. The zero-order valence-electron chi connectivity index (χ0n) is 11.5. The summed E-state index contributed by atoms with van der Waals surface area (Å²) in [7, 11) is 0. The van der Waals surface area contributed by atoms with Crippen LogP contribution in [-0.4, -0.2) is 11.1 Å². The van der Waals surface area contributed by atoms with Crippen LogP contribution >= 0.6 is 39.1 Å². The minimum atomic E-state index is -4.58. The second-order valence-corrected chi connectivity index (χ2v) is 6.25. The molecule has 2 aromatic rings. The number of rotatable bonds is 2. The predicted octanol–water partition coefficient (Wildman–Crippen LogP) is 6.12. The van der Waals surface area contributed by atoms with Crippen molar-refractivity contribution in [2.45, 2.75) is 6.18 Å². The Balaban J connectivity index is 2.22. The molecule has 24 heavy (non-hydrogen) atoms. The van der Waals surface area contributed by atoms with E-state index in [0.717, 1.165) is 12.1 Å². The first-order valence-corrected chi connectivity index (χ1v) is 7.75. The van der Waals surface area contributed by atoms with Crippen molar-refractivity contribution in [1.29, 1.82) is 0 Å². The van der Waals surface area contributed by atoms with Gasteiger partial charge in [-0.05, 0) is 46.3 Å². The van der Waals surface area contributed by atoms with Crippen molar-refractivity contribution in [3.05, 3.63) is 50.4 Å². The number of aromatic hydroxyl groups is 1. The van der Waals surface area contributed by atoms with Crippen LogP contribution in [0, 0.1) is 0 Å². The Labute approximate surface area is 152 Å². The molecule has 3 N–H and O–H groups in total. The van der Waals surface area contributed by atoms with E-state index in [0.29, 0.717) is 6.07 Å². The van der Waals surface area contributed by atoms with E-state index in [9.17, 15) is 23.1 Å². The van der Waals surface area contributed by atoms with Crippen LogP contribution in [0.5, 0.6) is 5.75 Å². The van der Waals surface area contributed by atoms with Gasteiger partial charge < -0.3 is 15.7 Å². The molecule has 4 nitrogen and oxygen atoms in total. The largest absolute Gasteiger partial charge is 0.505 e. The van der Waals surface area contributed by atoms with Crippen molar-refractivity contribution in [2.24, 2.45) is 0 Å². The summed E-state index contributed by atoms with van der Waals surface area (Å²) in [6.07, 6.45) is -4.58. The van der Waals surface area contributed by atoms with Gasteiger partial charge in [0.05, 0.1) is 26.4 Å². The van der Waals surface area contributed by atoms with E-state index in [2.05, 4.69) is 26.6 Å². The van der Waals surface area contributed by atoms with Crippen LogP contribution in [0.15, 0.2) is 34.8 Å². The third-order valence-corrected chi connectivity index (χ3v) is 3.97. The van der Waals surface area contributed by atoms with Gasteiger partial charge in [0.25, 0.3) is 0 Å². The highest BCUT2D eigenvalue weighted by molar-refractivity contribution is 9.10. The van der Waals surface area contributed by atoms with Crippen molar-refractivity contribution in [1.82, 2.24) is 0 Å². The van der Waals surface area contributed by atoms with Crippen LogP contribution in [-0.2, 0) is 6.18 Å². The molecule has 0 aliphatic rings. The van der Waals surface area contributed by atoms with Crippen molar-refractivity contribution >= 4 is 56.5 Å². The van der Waals surface area contributed by atoms with Gasteiger partial charge >= 0.3 is 12.2 Å². The minimum Gasteiger partial charge on any atom is -0.505 e. The van der Waals surface area contributed by atoms with Gasteiger partial charge in [0, 0.05) is 5.02 Å². The topological polar surface area (TPSA) is 61.4 Å². The molecule has 10 heteroatoms. The smallest absolute Gasteiger partial charge is 0.416 e. The van der Waals surface area contributed by atoms with Gasteiger partial charge in [-0.3, -0.25) is 0 Å². The molecule has 0 radical (unpaired) electrons. The quantitative estimate of drug-likeness (QED) is 0.489. The number of hydrogen-bond acceptors (Lipinski definition) is 2. The molecule has 2 amide bonds. The number of amides is 2. The molecule has 2 rings (SSSR count). The van der Waals surface area contributed by atoms with Crippen molar-refractivity contribution < 1.29 is 23.1 Å². The molecule has 0 spiro atoms. The summed E-state index contributed by atoms with van der Waals surface area (Å²) in [6.45, 7) is 0. The number of halogens is 6. The molecule has 0 saturated carbocycles. The van der Waals surface area contributed by atoms with E-state index < -0.39 is 17.8 Å². The van der Waals surface area contributed by atoms with Crippen molar-refractivity contribution in [3.8, 4) is 5.75 Å². The van der Waals surface area contributed by atoms with Crippen LogP contribution in [0.1, 0.15) is 5.56 Å². The Hall–Kier alpha value is -1.64. The number of hydrogen-bond donors (Lipinski definition) is 3. The van der Waals surface area contributed by atoms with Crippen LogP contribution in [0.25, 0.3) is 0 Å². The molecule has 128 valence electrons. The Morgan fingerprint density at radius 3 is 2.33 bits per heavy atom. The molecule has 0 unspecified atom stereocenters. The first-order valence-electron chi connectivity index (χ1n) is 6.20. The van der Waals surface area contributed by atoms with E-state index in [1.165, 1.54) is 12.1 Å². The van der Waals surface area contributed by atoms with Crippen LogP contribution in [0.3, 0.4) is 0 Å². The lowest BCUT2D eigenvalue weighted by molar-refractivity contribution is -0.137. The number of nitrogens with one attached hydrogen (secondary N) is 2. The molecule has 0 aromatic heterocycles. The number of phenols is 1. The van der Waals surface area contributed by atoms with Gasteiger partial charge in [-0.25, -0.2) is 4.79 Å². The summed E-state index contributed by atoms with van der Waals surface area (Å²) in [5, 5.41) is 14.4. The van der Waals surface area contributed by atoms with E-state index in [1.54, 1.807) is 0 Å². The molecule has 0 bridgehead atoms. The Morgan fingerprint density at radius 2 is 1.71 bits per heavy atom. The average molecular weight is 444 g/mol. The third kappa shape index (κ3) is 4.46. The standard InChI is InChI=1S/C14H8BrCl2F3N2O2/c15-8-4-7(16)5-11(12(8)23)22-13(24)21-10-3-6(14(18,19)20)1-2-9(10)17/h1-5,23H,(H2,21,22,24). The maximum absolute atomic E-state index is 12.7. The van der Waals surface area contributed by atoms with E-state index in [4.69, 9.17) is 23.2 Å². The number of phenolic OH excluding ortho intramolecular Hbond substituents is 1. The highest BCUT2D eigenvalue weighted by atomic mass is 79.9. The van der Waals surface area contributed by atoms with E-state index >= 15 is 0 Å². The van der Waals surface area contributed by atoms with Gasteiger partial charge in [0.1, 0.15) is 0 Å². The Morgan fingerprint density at radius 1 is 1.08 bits per heavy atom. The number of carbonyl (C=O) groups is 1. The molecular weight excluding hydrogens is 436 g/mol. The molecule has 0 atom stereocenters. The van der Waals surface area contributed by atoms with Crippen molar-refractivity contribution in [3.63, 3.8) is 0 Å². The number of benzene rings is 2. The van der Waals surface area contributed by atoms with Gasteiger partial charge in [-0.1, -0.05) is 23.2 Å². The number of anilines is 2. The molecule has 0 heterocycles. The van der Waals surface area contributed by atoms with E-state index in [-0.39, 0.29) is 31.6 Å². The van der Waals surface area contributed by atoms with Crippen molar-refractivity contribution in [2.75, 3.05) is 10.6 Å². The fraction of sp³-hybridized carbons (Fsp3) is 0.0714. The normalized spacial score (nSPS) is 11.2. The number of carbonyl (C=O) groups excluding carboxylic acids is 1. The maximum atomic E-state index is 12.7. The Bertz CT molecular complexity index is 800. The number of alkyl halides is 3. The first-order chi connectivity index (χ1) is 11.1. The fourth-order valence-corrected chi connectivity index (χ4v) is 2.71. The summed E-state index contributed by atoms with van der Waals surface area (Å²) in [6, 6.07) is 4.30. The van der Waals surface area contributed by atoms with E-state index in [1.807, 2.05) is 0 Å². The van der Waals surface area contributed by atoms with Crippen LogP contribution < -0.4 is 10.6 Å². The van der Waals surface area contributed by atoms with Gasteiger partial charge in [-0.15, -0.1) is 0 Å². The minimum absolute atomic E-state index is 0.0324. The summed E-state index contributed by atoms with van der Waals surface area (Å²) >= 11 is 14.6. The zero-order valence-corrected chi connectivity index (χ0v) is 14.6. The van der Waals surface area contributed by atoms with Gasteiger partial charge in [0.15, 0.2) is 5.75 Å². The predicted molar refractivity (Wildman–Crippen MR) is 89.9 cm³/mol. The third-order valence-electron chi connectivity index (χ3n) is 2.82.